The van der Waals surface area contributed by atoms with Gasteiger partial charge in [0.1, 0.15) is 0 Å². The Kier molecular flexibility index (Phi) is 17.7. The van der Waals surface area contributed by atoms with Gasteiger partial charge in [-0.15, -0.1) is 0 Å². The minimum Gasteiger partial charge on any atom is -0.688 e. The van der Waals surface area contributed by atoms with Crippen LogP contribution >= 0.6 is 15.9 Å². The second-order valence-corrected chi connectivity index (χ2v) is 7.52. The fraction of sp³-hybridized carbons (Fsp3) is 1.00. The zero-order valence-electron chi connectivity index (χ0n) is 11.7. The Morgan fingerprint density at radius 1 is 0.800 bits per heavy atom. The van der Waals surface area contributed by atoms with Gasteiger partial charge in [-0.1, -0.05) is 12.8 Å². The summed E-state index contributed by atoms with van der Waals surface area (Å²) in [6, 6.07) is 0. The Morgan fingerprint density at radius 2 is 1.25 bits per heavy atom. The Bertz CT molecular complexity index is 235. The minimum absolute atomic E-state index is 0. The summed E-state index contributed by atoms with van der Waals surface area (Å²) in [7, 11) is -9.17. The third-order valence-electron chi connectivity index (χ3n) is 2.32. The maximum Gasteiger partial charge on any atom is 1.00 e. The van der Waals surface area contributed by atoms with Crippen LogP contribution in [0.2, 0.25) is 0 Å². The average molecular weight is 350 g/mol. The smallest absolute Gasteiger partial charge is 0.688 e. The summed E-state index contributed by atoms with van der Waals surface area (Å²) in [6.45, 7) is 0. The van der Waals surface area contributed by atoms with Gasteiger partial charge in [0, 0.05) is 6.42 Å². The van der Waals surface area contributed by atoms with Crippen LogP contribution in [0.1, 0.15) is 32.1 Å². The fourth-order valence-corrected chi connectivity index (χ4v) is 2.62. The van der Waals surface area contributed by atoms with Crippen LogP contribution in [0.15, 0.2) is 0 Å². The number of unbranched alkanes of at least 4 members (excludes halogenated alkanes) is 2. The SMILES string of the molecule is [Na+].[Na+].[O-][P+]([O-])([O-])CC(O)CCCCCC(O)[P+]([O-])(O)O. The van der Waals surface area contributed by atoms with Crippen LogP contribution in [0.3, 0.4) is 0 Å². The molecule has 0 spiro atoms. The molecule has 0 rings (SSSR count). The van der Waals surface area contributed by atoms with Crippen LogP contribution in [0, 0.1) is 0 Å². The molecule has 0 bridgehead atoms. The van der Waals surface area contributed by atoms with Crippen LogP contribution in [0.4, 0.5) is 0 Å². The molecular formula is C8H18Na2O8P2. The zero-order chi connectivity index (χ0) is 14.4. The van der Waals surface area contributed by atoms with E-state index < -0.39 is 34.0 Å². The van der Waals surface area contributed by atoms with Gasteiger partial charge in [0.05, 0.1) is 12.3 Å². The number of hydrogen-bond acceptors (Lipinski definition) is 8. The van der Waals surface area contributed by atoms with E-state index in [0.29, 0.717) is 19.3 Å². The van der Waals surface area contributed by atoms with Crippen molar-refractivity contribution in [2.75, 3.05) is 6.16 Å². The molecule has 0 saturated heterocycles. The molecule has 0 amide bonds. The quantitative estimate of drug-likeness (QED) is 0.180. The molecule has 4 N–H and O–H groups in total. The topological polar surface area (TPSA) is 173 Å². The summed E-state index contributed by atoms with van der Waals surface area (Å²) < 4.78 is 0. The number of hydrogen-bond donors (Lipinski definition) is 4. The molecule has 0 aromatic carbocycles. The van der Waals surface area contributed by atoms with Gasteiger partial charge in [-0.3, -0.25) is 0 Å². The van der Waals surface area contributed by atoms with Gasteiger partial charge in [0.25, 0.3) is 7.94 Å². The first-order chi connectivity index (χ1) is 8.02. The molecule has 0 aliphatic carbocycles. The molecule has 12 heteroatoms. The largest absolute Gasteiger partial charge is 1.00 e. The Hall–Kier alpha value is 2.54. The molecule has 8 nitrogen and oxygen atoms in total. The van der Waals surface area contributed by atoms with Crippen molar-refractivity contribution >= 4 is 15.9 Å². The van der Waals surface area contributed by atoms with Crippen molar-refractivity contribution in [2.24, 2.45) is 0 Å². The standard InChI is InChI=1S/C8H20O8P2.2Na/c9-7(6-17(11,12)13)4-2-1-3-5-8(10)18(14,15)16;;/h7-10H,1-6H2,(H2,11,12,13)(H2,14,15,16);;/q;2*+1/p-2. The van der Waals surface area contributed by atoms with Crippen LogP contribution in [-0.4, -0.2) is 38.1 Å². The van der Waals surface area contributed by atoms with E-state index in [1.807, 2.05) is 0 Å². The van der Waals surface area contributed by atoms with Gasteiger partial charge in [0.2, 0.25) is 5.85 Å². The van der Waals surface area contributed by atoms with E-state index >= 15 is 0 Å². The van der Waals surface area contributed by atoms with Crippen molar-refractivity contribution in [3.05, 3.63) is 0 Å². The Morgan fingerprint density at radius 3 is 1.65 bits per heavy atom. The summed E-state index contributed by atoms with van der Waals surface area (Å²) in [5.41, 5.74) is 0. The monoisotopic (exact) mass is 350 g/mol. The van der Waals surface area contributed by atoms with Gasteiger partial charge >= 0.3 is 59.1 Å². The first kappa shape index (κ1) is 27.4. The van der Waals surface area contributed by atoms with Gasteiger partial charge in [-0.2, -0.15) is 7.94 Å². The third-order valence-corrected chi connectivity index (χ3v) is 4.23. The Balaban J connectivity index is -0.00000144. The number of aliphatic hydroxyl groups is 2. The van der Waals surface area contributed by atoms with Gasteiger partial charge in [0.15, 0.2) is 0 Å². The van der Waals surface area contributed by atoms with Crippen LogP contribution in [-0.2, 0) is 0 Å². The van der Waals surface area contributed by atoms with E-state index in [4.69, 9.17) is 14.9 Å². The van der Waals surface area contributed by atoms with Crippen LogP contribution in [0.25, 0.3) is 0 Å². The molecule has 0 saturated carbocycles. The van der Waals surface area contributed by atoms with E-state index in [-0.39, 0.29) is 72.0 Å². The first-order valence-corrected chi connectivity index (χ1v) is 8.86. The van der Waals surface area contributed by atoms with Crippen molar-refractivity contribution < 1.29 is 98.7 Å². The summed E-state index contributed by atoms with van der Waals surface area (Å²) in [5.74, 6) is -1.69. The van der Waals surface area contributed by atoms with E-state index in [0.717, 1.165) is 0 Å². The predicted molar refractivity (Wildman–Crippen MR) is 58.2 cm³/mol. The van der Waals surface area contributed by atoms with Gasteiger partial charge in [-0.05, 0) is 12.8 Å². The molecule has 20 heavy (non-hydrogen) atoms. The molecule has 0 aliphatic heterocycles. The number of aliphatic hydroxyl groups excluding tert-OH is 2. The molecule has 2 atom stereocenters. The second kappa shape index (κ2) is 12.9. The van der Waals surface area contributed by atoms with Crippen molar-refractivity contribution in [1.29, 1.82) is 0 Å². The molecule has 0 heterocycles. The van der Waals surface area contributed by atoms with Crippen LogP contribution < -0.4 is 78.7 Å². The minimum atomic E-state index is -4.71. The third kappa shape index (κ3) is 16.9. The fourth-order valence-electron chi connectivity index (χ4n) is 1.40. The molecule has 0 aliphatic rings. The van der Waals surface area contributed by atoms with Crippen LogP contribution in [0.5, 0.6) is 0 Å². The Labute approximate surface area is 163 Å². The second-order valence-electron chi connectivity index (χ2n) is 4.16. The molecule has 0 fully saturated rings. The summed E-state index contributed by atoms with van der Waals surface area (Å²) in [5, 5.41) is 18.2. The molecular weight excluding hydrogens is 332 g/mol. The van der Waals surface area contributed by atoms with Crippen molar-refractivity contribution in [2.45, 2.75) is 44.1 Å². The van der Waals surface area contributed by atoms with E-state index in [9.17, 15) is 24.7 Å². The van der Waals surface area contributed by atoms with Gasteiger partial charge < -0.3 is 29.8 Å². The molecule has 0 aromatic rings. The molecule has 2 unspecified atom stereocenters. The first-order valence-electron chi connectivity index (χ1n) is 5.45. The average Bonchev–Trinajstić information content (AvgIpc) is 2.12. The summed E-state index contributed by atoms with van der Waals surface area (Å²) in [4.78, 5) is 58.7. The summed E-state index contributed by atoms with van der Waals surface area (Å²) >= 11 is 0. The zero-order valence-corrected chi connectivity index (χ0v) is 17.5. The van der Waals surface area contributed by atoms with Crippen molar-refractivity contribution in [3.8, 4) is 0 Å². The molecule has 0 aromatic heterocycles. The maximum absolute atomic E-state index is 10.6. The van der Waals surface area contributed by atoms with Crippen molar-refractivity contribution in [1.82, 2.24) is 0 Å². The predicted octanol–water partition coefficient (Wildman–Crippen LogP) is -9.42. The maximum atomic E-state index is 10.6. The van der Waals surface area contributed by atoms with E-state index in [2.05, 4.69) is 0 Å². The summed E-state index contributed by atoms with van der Waals surface area (Å²) in [6.07, 6.45) is -0.741. The normalized spacial score (nSPS) is 15.0. The van der Waals surface area contributed by atoms with E-state index in [1.54, 1.807) is 0 Å². The molecule has 110 valence electrons. The molecule has 0 radical (unpaired) electrons. The number of rotatable bonds is 9. The van der Waals surface area contributed by atoms with Gasteiger partial charge in [-0.25, -0.2) is 9.79 Å². The van der Waals surface area contributed by atoms with Crippen molar-refractivity contribution in [3.63, 3.8) is 0 Å². The van der Waals surface area contributed by atoms with E-state index in [1.165, 1.54) is 0 Å².